The second-order valence-corrected chi connectivity index (χ2v) is 4.87. The summed E-state index contributed by atoms with van der Waals surface area (Å²) in [4.78, 5) is 6.78. The smallest absolute Gasteiger partial charge is 0.193 e. The lowest BCUT2D eigenvalue weighted by Crippen LogP contribution is -2.46. The minimum absolute atomic E-state index is 0. The zero-order chi connectivity index (χ0) is 11.8. The Hall–Kier alpha value is 0. The summed E-state index contributed by atoms with van der Waals surface area (Å²) >= 11 is 0. The molecule has 1 rings (SSSR count). The van der Waals surface area contributed by atoms with Crippen molar-refractivity contribution in [2.45, 2.75) is 46.0 Å². The van der Waals surface area contributed by atoms with E-state index in [1.54, 1.807) is 0 Å². The molecule has 0 aromatic carbocycles. The lowest BCUT2D eigenvalue weighted by Gasteiger charge is -2.33. The maximum atomic E-state index is 4.38. The maximum absolute atomic E-state index is 4.38. The molecule has 0 aromatic heterocycles. The zero-order valence-electron chi connectivity index (χ0n) is 11.5. The van der Waals surface area contributed by atoms with Gasteiger partial charge >= 0.3 is 0 Å². The van der Waals surface area contributed by atoms with E-state index in [0.29, 0.717) is 0 Å². The Bertz CT molecular complexity index is 219. The van der Waals surface area contributed by atoms with Crippen LogP contribution in [0.5, 0.6) is 0 Å². The van der Waals surface area contributed by atoms with Gasteiger partial charge in [-0.3, -0.25) is 4.99 Å². The van der Waals surface area contributed by atoms with Gasteiger partial charge in [-0.15, -0.1) is 24.0 Å². The Morgan fingerprint density at radius 3 is 2.76 bits per heavy atom. The third kappa shape index (κ3) is 6.48. The van der Waals surface area contributed by atoms with Crippen LogP contribution in [0.1, 0.15) is 46.0 Å². The Morgan fingerprint density at radius 2 is 2.18 bits per heavy atom. The Labute approximate surface area is 123 Å². The van der Waals surface area contributed by atoms with Crippen molar-refractivity contribution in [3.8, 4) is 0 Å². The Morgan fingerprint density at radius 1 is 1.41 bits per heavy atom. The van der Waals surface area contributed by atoms with Crippen molar-refractivity contribution in [1.82, 2.24) is 10.2 Å². The number of hydrogen-bond acceptors (Lipinski definition) is 1. The molecule has 17 heavy (non-hydrogen) atoms. The molecule has 0 spiro atoms. The predicted molar refractivity (Wildman–Crippen MR) is 86.3 cm³/mol. The summed E-state index contributed by atoms with van der Waals surface area (Å²) in [7, 11) is 1.89. The fourth-order valence-electron chi connectivity index (χ4n) is 2.29. The lowest BCUT2D eigenvalue weighted by atomic mass is 10.0. The highest BCUT2D eigenvalue weighted by Gasteiger charge is 2.18. The first-order chi connectivity index (χ1) is 7.77. The number of unbranched alkanes of at least 4 members (excludes halogenated alkanes) is 2. The quantitative estimate of drug-likeness (QED) is 0.364. The van der Waals surface area contributed by atoms with Gasteiger partial charge in [0.25, 0.3) is 0 Å². The van der Waals surface area contributed by atoms with Crippen LogP contribution >= 0.6 is 24.0 Å². The van der Waals surface area contributed by atoms with E-state index in [0.717, 1.165) is 31.5 Å². The lowest BCUT2D eigenvalue weighted by molar-refractivity contribution is 0.266. The van der Waals surface area contributed by atoms with Crippen molar-refractivity contribution < 1.29 is 0 Å². The van der Waals surface area contributed by atoms with Crippen LogP contribution in [0.2, 0.25) is 0 Å². The zero-order valence-corrected chi connectivity index (χ0v) is 13.9. The Kier molecular flexibility index (Phi) is 9.97. The van der Waals surface area contributed by atoms with Crippen LogP contribution < -0.4 is 5.32 Å². The molecular formula is C13H28IN3. The number of guanidine groups is 1. The molecule has 0 aliphatic carbocycles. The van der Waals surface area contributed by atoms with Crippen LogP contribution in [-0.4, -0.2) is 37.5 Å². The average molecular weight is 353 g/mol. The number of piperidine rings is 1. The first-order valence-electron chi connectivity index (χ1n) is 6.73. The van der Waals surface area contributed by atoms with Gasteiger partial charge in [0, 0.05) is 26.7 Å². The highest BCUT2D eigenvalue weighted by molar-refractivity contribution is 14.0. The van der Waals surface area contributed by atoms with E-state index in [1.807, 2.05) is 7.05 Å². The van der Waals surface area contributed by atoms with Gasteiger partial charge in [-0.05, 0) is 25.2 Å². The number of halogens is 1. The molecule has 1 aliphatic rings. The minimum atomic E-state index is 0. The number of nitrogens with one attached hydrogen (secondary N) is 1. The maximum Gasteiger partial charge on any atom is 0.193 e. The van der Waals surface area contributed by atoms with Gasteiger partial charge in [0.1, 0.15) is 0 Å². The highest BCUT2D eigenvalue weighted by Crippen LogP contribution is 2.15. The second kappa shape index (κ2) is 9.97. The van der Waals surface area contributed by atoms with E-state index in [-0.39, 0.29) is 24.0 Å². The molecular weight excluding hydrogens is 325 g/mol. The average Bonchev–Trinajstić information content (AvgIpc) is 2.29. The van der Waals surface area contributed by atoms with Crippen LogP contribution in [0, 0.1) is 5.92 Å². The first kappa shape index (κ1) is 17.0. The molecule has 1 saturated heterocycles. The van der Waals surface area contributed by atoms with Crippen LogP contribution in [0.25, 0.3) is 0 Å². The second-order valence-electron chi connectivity index (χ2n) is 4.87. The summed E-state index contributed by atoms with van der Waals surface area (Å²) in [5, 5.41) is 3.47. The molecule has 1 unspecified atom stereocenters. The highest BCUT2D eigenvalue weighted by atomic mass is 127. The van der Waals surface area contributed by atoms with E-state index in [9.17, 15) is 0 Å². The van der Waals surface area contributed by atoms with Gasteiger partial charge < -0.3 is 10.2 Å². The number of aliphatic imine (C=N–C) groups is 1. The summed E-state index contributed by atoms with van der Waals surface area (Å²) in [6, 6.07) is 0. The van der Waals surface area contributed by atoms with Gasteiger partial charge in [0.05, 0.1) is 0 Å². The van der Waals surface area contributed by atoms with Gasteiger partial charge in [-0.2, -0.15) is 0 Å². The molecule has 0 bridgehead atoms. The van der Waals surface area contributed by atoms with E-state index >= 15 is 0 Å². The summed E-state index contributed by atoms with van der Waals surface area (Å²) in [5.74, 6) is 1.91. The van der Waals surface area contributed by atoms with Crippen LogP contribution in [0.4, 0.5) is 0 Å². The molecule has 4 heteroatoms. The van der Waals surface area contributed by atoms with Crippen LogP contribution in [0.15, 0.2) is 4.99 Å². The van der Waals surface area contributed by atoms with E-state index < -0.39 is 0 Å². The van der Waals surface area contributed by atoms with E-state index in [1.165, 1.54) is 32.1 Å². The molecule has 0 radical (unpaired) electrons. The molecule has 3 nitrogen and oxygen atoms in total. The number of rotatable bonds is 4. The summed E-state index contributed by atoms with van der Waals surface area (Å²) < 4.78 is 0. The van der Waals surface area contributed by atoms with Crippen LogP contribution in [0.3, 0.4) is 0 Å². The largest absolute Gasteiger partial charge is 0.356 e. The molecule has 0 saturated carbocycles. The summed E-state index contributed by atoms with van der Waals surface area (Å²) in [6.45, 7) is 7.95. The molecule has 1 aliphatic heterocycles. The van der Waals surface area contributed by atoms with Gasteiger partial charge in [-0.25, -0.2) is 0 Å². The third-order valence-electron chi connectivity index (χ3n) is 3.23. The number of likely N-dealkylation sites (tertiary alicyclic amines) is 1. The van der Waals surface area contributed by atoms with E-state index in [4.69, 9.17) is 0 Å². The Balaban J connectivity index is 0.00000256. The van der Waals surface area contributed by atoms with Crippen LogP contribution in [-0.2, 0) is 0 Å². The van der Waals surface area contributed by atoms with Gasteiger partial charge in [0.2, 0.25) is 0 Å². The van der Waals surface area contributed by atoms with Crippen molar-refractivity contribution >= 4 is 29.9 Å². The number of hydrogen-bond donors (Lipinski definition) is 1. The predicted octanol–water partition coefficient (Wildman–Crippen LogP) is 3.10. The fraction of sp³-hybridized carbons (Fsp3) is 0.923. The molecule has 102 valence electrons. The molecule has 0 amide bonds. The molecule has 1 atom stereocenters. The van der Waals surface area contributed by atoms with Crippen molar-refractivity contribution in [2.75, 3.05) is 26.7 Å². The monoisotopic (exact) mass is 353 g/mol. The first-order valence-corrected chi connectivity index (χ1v) is 6.73. The SMILES string of the molecule is CCCCCNC(=NC)N1CCCC(C)C1.I. The fourth-order valence-corrected chi connectivity index (χ4v) is 2.29. The van der Waals surface area contributed by atoms with Gasteiger partial charge in [0.15, 0.2) is 5.96 Å². The standard InChI is InChI=1S/C13H27N3.HI/c1-4-5-6-9-15-13(14-3)16-10-7-8-12(2)11-16;/h12H,4-11H2,1-3H3,(H,14,15);1H. The molecule has 1 heterocycles. The molecule has 1 N–H and O–H groups in total. The number of nitrogens with zero attached hydrogens (tertiary/aromatic N) is 2. The van der Waals surface area contributed by atoms with Gasteiger partial charge in [-0.1, -0.05) is 26.7 Å². The van der Waals surface area contributed by atoms with Crippen molar-refractivity contribution in [3.63, 3.8) is 0 Å². The summed E-state index contributed by atoms with van der Waals surface area (Å²) in [6.07, 6.45) is 6.50. The normalized spacial score (nSPS) is 21.0. The molecule has 0 aromatic rings. The van der Waals surface area contributed by atoms with Crippen molar-refractivity contribution in [2.24, 2.45) is 10.9 Å². The topological polar surface area (TPSA) is 27.6 Å². The summed E-state index contributed by atoms with van der Waals surface area (Å²) in [5.41, 5.74) is 0. The third-order valence-corrected chi connectivity index (χ3v) is 3.23. The van der Waals surface area contributed by atoms with E-state index in [2.05, 4.69) is 29.1 Å². The molecule has 1 fully saturated rings. The minimum Gasteiger partial charge on any atom is -0.356 e. The van der Waals surface area contributed by atoms with Crippen molar-refractivity contribution in [3.05, 3.63) is 0 Å². The van der Waals surface area contributed by atoms with Crippen molar-refractivity contribution in [1.29, 1.82) is 0 Å².